The Morgan fingerprint density at radius 2 is 2.46 bits per heavy atom. The van der Waals surface area contributed by atoms with Gasteiger partial charge >= 0.3 is 5.97 Å². The summed E-state index contributed by atoms with van der Waals surface area (Å²) in [6.45, 7) is 0. The first-order valence-corrected chi connectivity index (χ1v) is 4.00. The van der Waals surface area contributed by atoms with Crippen molar-refractivity contribution < 1.29 is 14.3 Å². The Bertz CT molecular complexity index is 361. The molecule has 0 aliphatic heterocycles. The van der Waals surface area contributed by atoms with Crippen LogP contribution in [0.25, 0.3) is 0 Å². The second kappa shape index (κ2) is 2.55. The van der Waals surface area contributed by atoms with E-state index in [1.54, 1.807) is 7.05 Å². The summed E-state index contributed by atoms with van der Waals surface area (Å²) in [7, 11) is 1.63. The van der Waals surface area contributed by atoms with Gasteiger partial charge in [0, 0.05) is 19.2 Å². The highest BCUT2D eigenvalue weighted by Gasteiger charge is 2.43. The lowest BCUT2D eigenvalue weighted by molar-refractivity contribution is 0.0695. The summed E-state index contributed by atoms with van der Waals surface area (Å²) in [5, 5.41) is 12.7. The van der Waals surface area contributed by atoms with Crippen LogP contribution in [0.2, 0.25) is 0 Å². The van der Waals surface area contributed by atoms with E-state index in [0.29, 0.717) is 12.1 Å². The number of rotatable bonds is 2. The Balaban J connectivity index is 2.38. The van der Waals surface area contributed by atoms with Gasteiger partial charge in [-0.25, -0.2) is 9.18 Å². The molecule has 4 nitrogen and oxygen atoms in total. The summed E-state index contributed by atoms with van der Waals surface area (Å²) in [6, 6.07) is 0. The molecule has 13 heavy (non-hydrogen) atoms. The summed E-state index contributed by atoms with van der Waals surface area (Å²) >= 11 is 0. The number of carboxylic acids is 1. The number of carbonyl (C=O) groups is 1. The van der Waals surface area contributed by atoms with Crippen molar-refractivity contribution in [3.8, 4) is 0 Å². The molecule has 0 saturated heterocycles. The minimum Gasteiger partial charge on any atom is -0.478 e. The number of hydrogen-bond acceptors (Lipinski definition) is 2. The quantitative estimate of drug-likeness (QED) is 0.744. The molecule has 1 aromatic heterocycles. The Kier molecular flexibility index (Phi) is 1.61. The third-order valence-corrected chi connectivity index (χ3v) is 2.15. The van der Waals surface area contributed by atoms with Gasteiger partial charge in [-0.15, -0.1) is 0 Å². The molecule has 2 rings (SSSR count). The maximum absolute atomic E-state index is 12.7. The van der Waals surface area contributed by atoms with Crippen LogP contribution in [0.4, 0.5) is 4.39 Å². The van der Waals surface area contributed by atoms with E-state index in [4.69, 9.17) is 5.11 Å². The van der Waals surface area contributed by atoms with Crippen LogP contribution in [0.3, 0.4) is 0 Å². The molecule has 70 valence electrons. The Hall–Kier alpha value is -1.39. The SMILES string of the molecule is Cn1cc(C(=O)O)c(C2CC2F)n1. The third-order valence-electron chi connectivity index (χ3n) is 2.15. The van der Waals surface area contributed by atoms with Gasteiger partial charge in [-0.1, -0.05) is 0 Å². The van der Waals surface area contributed by atoms with Gasteiger partial charge < -0.3 is 5.11 Å². The van der Waals surface area contributed by atoms with E-state index >= 15 is 0 Å². The van der Waals surface area contributed by atoms with Crippen LogP contribution in [0.15, 0.2) is 6.20 Å². The fourth-order valence-corrected chi connectivity index (χ4v) is 1.39. The molecule has 0 amide bonds. The zero-order valence-corrected chi connectivity index (χ0v) is 7.07. The van der Waals surface area contributed by atoms with Crippen LogP contribution in [-0.4, -0.2) is 27.0 Å². The predicted molar refractivity (Wildman–Crippen MR) is 42.4 cm³/mol. The average molecular weight is 184 g/mol. The van der Waals surface area contributed by atoms with Crippen molar-refractivity contribution in [1.82, 2.24) is 9.78 Å². The summed E-state index contributed by atoms with van der Waals surface area (Å²) in [5.41, 5.74) is 0.496. The summed E-state index contributed by atoms with van der Waals surface area (Å²) in [5.74, 6) is -1.34. The zero-order chi connectivity index (χ0) is 9.59. The van der Waals surface area contributed by atoms with Crippen LogP contribution >= 0.6 is 0 Å². The van der Waals surface area contributed by atoms with Crippen LogP contribution in [0, 0.1) is 0 Å². The highest BCUT2D eigenvalue weighted by atomic mass is 19.1. The Morgan fingerprint density at radius 1 is 1.85 bits per heavy atom. The standard InChI is InChI=1S/C8H9FN2O2/c1-11-3-5(8(12)13)7(10-11)4-2-6(4)9/h3-4,6H,2H2,1H3,(H,12,13). The highest BCUT2D eigenvalue weighted by Crippen LogP contribution is 2.43. The molecule has 0 aromatic carbocycles. The molecule has 0 bridgehead atoms. The van der Waals surface area contributed by atoms with Gasteiger partial charge in [0.1, 0.15) is 11.7 Å². The van der Waals surface area contributed by atoms with E-state index in [9.17, 15) is 9.18 Å². The lowest BCUT2D eigenvalue weighted by Crippen LogP contribution is -1.99. The van der Waals surface area contributed by atoms with Crippen molar-refractivity contribution in [3.63, 3.8) is 0 Å². The minimum absolute atomic E-state index is 0.118. The van der Waals surface area contributed by atoms with Gasteiger partial charge in [0.25, 0.3) is 0 Å². The number of aromatic carboxylic acids is 1. The summed E-state index contributed by atoms with van der Waals surface area (Å²) in [4.78, 5) is 10.7. The van der Waals surface area contributed by atoms with Crippen molar-refractivity contribution in [2.24, 2.45) is 7.05 Å². The van der Waals surface area contributed by atoms with Gasteiger partial charge in [0.05, 0.1) is 5.69 Å². The number of nitrogens with zero attached hydrogens (tertiary/aromatic N) is 2. The predicted octanol–water partition coefficient (Wildman–Crippen LogP) is 0.944. The van der Waals surface area contributed by atoms with Crippen molar-refractivity contribution >= 4 is 5.97 Å². The van der Waals surface area contributed by atoms with E-state index in [1.165, 1.54) is 10.9 Å². The molecule has 1 fully saturated rings. The zero-order valence-electron chi connectivity index (χ0n) is 7.07. The topological polar surface area (TPSA) is 55.1 Å². The van der Waals surface area contributed by atoms with Crippen molar-refractivity contribution in [3.05, 3.63) is 17.5 Å². The molecule has 1 aliphatic rings. The molecule has 1 saturated carbocycles. The first kappa shape index (κ1) is 8.22. The smallest absolute Gasteiger partial charge is 0.339 e. The van der Waals surface area contributed by atoms with Crippen LogP contribution in [0.1, 0.15) is 28.4 Å². The van der Waals surface area contributed by atoms with E-state index < -0.39 is 12.1 Å². The lowest BCUT2D eigenvalue weighted by atomic mass is 10.2. The van der Waals surface area contributed by atoms with Gasteiger partial charge in [-0.2, -0.15) is 5.10 Å². The maximum Gasteiger partial charge on any atom is 0.339 e. The highest BCUT2D eigenvalue weighted by molar-refractivity contribution is 5.89. The van der Waals surface area contributed by atoms with Gasteiger partial charge in [-0.05, 0) is 6.42 Å². The molecule has 1 N–H and O–H groups in total. The molecule has 0 radical (unpaired) electrons. The molecule has 5 heteroatoms. The van der Waals surface area contributed by atoms with Gasteiger partial charge in [-0.3, -0.25) is 4.68 Å². The molecular formula is C8H9FN2O2. The number of carboxylic acid groups (broad SMARTS) is 1. The molecule has 2 unspecified atom stereocenters. The van der Waals surface area contributed by atoms with Crippen LogP contribution in [0.5, 0.6) is 0 Å². The van der Waals surface area contributed by atoms with Crippen LogP contribution < -0.4 is 0 Å². The third kappa shape index (κ3) is 1.30. The summed E-state index contributed by atoms with van der Waals surface area (Å²) < 4.78 is 14.1. The van der Waals surface area contributed by atoms with E-state index in [1.807, 2.05) is 0 Å². The number of alkyl halides is 1. The number of aromatic nitrogens is 2. The number of halogens is 1. The lowest BCUT2D eigenvalue weighted by Gasteiger charge is -1.92. The van der Waals surface area contributed by atoms with Crippen LogP contribution in [-0.2, 0) is 7.05 Å². The van der Waals surface area contributed by atoms with Crippen molar-refractivity contribution in [1.29, 1.82) is 0 Å². The van der Waals surface area contributed by atoms with E-state index in [0.717, 1.165) is 0 Å². The fraction of sp³-hybridized carbons (Fsp3) is 0.500. The molecule has 1 aliphatic carbocycles. The fourth-order valence-electron chi connectivity index (χ4n) is 1.39. The molecule has 1 heterocycles. The Labute approximate surface area is 74.0 Å². The summed E-state index contributed by atoms with van der Waals surface area (Å²) in [6.07, 6.45) is 0.896. The van der Waals surface area contributed by atoms with Gasteiger partial charge in [0.2, 0.25) is 0 Å². The van der Waals surface area contributed by atoms with Crippen molar-refractivity contribution in [2.75, 3.05) is 0 Å². The minimum atomic E-state index is -1.04. The van der Waals surface area contributed by atoms with Gasteiger partial charge in [0.15, 0.2) is 0 Å². The maximum atomic E-state index is 12.7. The number of hydrogen-bond donors (Lipinski definition) is 1. The number of aryl methyl sites for hydroxylation is 1. The average Bonchev–Trinajstić information content (AvgIpc) is 2.60. The first-order valence-electron chi connectivity index (χ1n) is 4.00. The van der Waals surface area contributed by atoms with E-state index in [2.05, 4.69) is 5.10 Å². The second-order valence-corrected chi connectivity index (χ2v) is 3.27. The molecular weight excluding hydrogens is 175 g/mol. The molecule has 2 atom stereocenters. The van der Waals surface area contributed by atoms with Crippen molar-refractivity contribution in [2.45, 2.75) is 18.5 Å². The molecule has 1 aromatic rings. The first-order chi connectivity index (χ1) is 6.09. The Morgan fingerprint density at radius 3 is 2.92 bits per heavy atom. The largest absolute Gasteiger partial charge is 0.478 e. The normalized spacial score (nSPS) is 26.0. The van der Waals surface area contributed by atoms with E-state index in [-0.39, 0.29) is 11.5 Å². The molecule has 0 spiro atoms. The second-order valence-electron chi connectivity index (χ2n) is 3.27. The monoisotopic (exact) mass is 184 g/mol.